The molecule has 14 heavy (non-hydrogen) atoms. The summed E-state index contributed by atoms with van der Waals surface area (Å²) < 4.78 is 16.1. The highest BCUT2D eigenvalue weighted by atomic mass is 16.8. The van der Waals surface area contributed by atoms with Crippen molar-refractivity contribution in [3.05, 3.63) is 0 Å². The van der Waals surface area contributed by atoms with Crippen molar-refractivity contribution in [1.82, 2.24) is 0 Å². The van der Waals surface area contributed by atoms with Crippen LogP contribution in [-0.2, 0) is 14.2 Å². The van der Waals surface area contributed by atoms with E-state index >= 15 is 0 Å². The number of ether oxygens (including phenoxy) is 3. The van der Waals surface area contributed by atoms with E-state index in [1.165, 1.54) is 0 Å². The number of nitriles is 1. The van der Waals surface area contributed by atoms with Crippen LogP contribution in [0.25, 0.3) is 0 Å². The van der Waals surface area contributed by atoms with E-state index in [1.54, 1.807) is 13.8 Å². The summed E-state index contributed by atoms with van der Waals surface area (Å²) in [5, 5.41) is 18.4. The van der Waals surface area contributed by atoms with E-state index in [-0.39, 0.29) is 6.10 Å². The molecule has 2 heterocycles. The Hall–Kier alpha value is -0.670. The zero-order valence-electron chi connectivity index (χ0n) is 8.14. The first kappa shape index (κ1) is 9.87. The van der Waals surface area contributed by atoms with E-state index in [0.29, 0.717) is 6.61 Å². The Labute approximate surface area is 82.2 Å². The summed E-state index contributed by atoms with van der Waals surface area (Å²) in [7, 11) is 0. The molecule has 78 valence electrons. The van der Waals surface area contributed by atoms with Gasteiger partial charge in [-0.05, 0) is 13.8 Å². The zero-order valence-corrected chi connectivity index (χ0v) is 8.14. The molecule has 5 heteroatoms. The lowest BCUT2D eigenvalue weighted by Crippen LogP contribution is -2.50. The first-order valence-electron chi connectivity index (χ1n) is 4.58. The summed E-state index contributed by atoms with van der Waals surface area (Å²) in [6, 6.07) is 1.89. The van der Waals surface area contributed by atoms with Crippen molar-refractivity contribution in [1.29, 1.82) is 5.26 Å². The molecule has 0 bridgehead atoms. The molecular weight excluding hydrogens is 186 g/mol. The van der Waals surface area contributed by atoms with Gasteiger partial charge in [-0.15, -0.1) is 0 Å². The summed E-state index contributed by atoms with van der Waals surface area (Å²) in [5.74, 6) is -0.704. The molecule has 0 aromatic heterocycles. The predicted molar refractivity (Wildman–Crippen MR) is 45.2 cm³/mol. The third-order valence-corrected chi connectivity index (χ3v) is 2.44. The number of aliphatic hydroxyl groups excluding tert-OH is 1. The van der Waals surface area contributed by atoms with Crippen LogP contribution in [0, 0.1) is 11.3 Å². The van der Waals surface area contributed by atoms with Crippen LogP contribution in [-0.4, -0.2) is 41.9 Å². The maximum absolute atomic E-state index is 9.72. The standard InChI is InChI=1S/C9H13NO4/c1-9(2)13-6-4-12-5(3-10)7(11)8(6)14-9/h5-8,11H,4H2,1-2H3/t5-,6-,7-,8-/m1/s1. The molecule has 4 atom stereocenters. The highest BCUT2D eigenvalue weighted by molar-refractivity contribution is 5.01. The van der Waals surface area contributed by atoms with Gasteiger partial charge in [-0.3, -0.25) is 0 Å². The highest BCUT2D eigenvalue weighted by Gasteiger charge is 2.50. The van der Waals surface area contributed by atoms with Crippen molar-refractivity contribution >= 4 is 0 Å². The van der Waals surface area contributed by atoms with Gasteiger partial charge in [-0.1, -0.05) is 0 Å². The second-order valence-electron chi connectivity index (χ2n) is 4.01. The van der Waals surface area contributed by atoms with Gasteiger partial charge in [0.15, 0.2) is 11.9 Å². The Morgan fingerprint density at radius 1 is 1.43 bits per heavy atom. The van der Waals surface area contributed by atoms with E-state index in [1.807, 2.05) is 6.07 Å². The molecule has 1 N–H and O–H groups in total. The smallest absolute Gasteiger partial charge is 0.172 e. The molecule has 2 fully saturated rings. The molecule has 5 nitrogen and oxygen atoms in total. The fraction of sp³-hybridized carbons (Fsp3) is 0.889. The molecule has 0 saturated carbocycles. The van der Waals surface area contributed by atoms with Gasteiger partial charge >= 0.3 is 0 Å². The van der Waals surface area contributed by atoms with Crippen molar-refractivity contribution in [2.45, 2.75) is 44.1 Å². The molecule has 0 aliphatic carbocycles. The van der Waals surface area contributed by atoms with Gasteiger partial charge in [0.1, 0.15) is 18.3 Å². The summed E-state index contributed by atoms with van der Waals surface area (Å²) >= 11 is 0. The summed E-state index contributed by atoms with van der Waals surface area (Å²) in [5.41, 5.74) is 0. The molecule has 2 rings (SSSR count). The molecule has 2 saturated heterocycles. The van der Waals surface area contributed by atoms with Gasteiger partial charge in [-0.25, -0.2) is 0 Å². The Bertz CT molecular complexity index is 272. The van der Waals surface area contributed by atoms with Gasteiger partial charge in [-0.2, -0.15) is 5.26 Å². The molecular formula is C9H13NO4. The van der Waals surface area contributed by atoms with E-state index in [9.17, 15) is 5.11 Å². The van der Waals surface area contributed by atoms with Crippen LogP contribution < -0.4 is 0 Å². The SMILES string of the molecule is CC1(C)O[C@H]2[C@H](O)[C@@H](C#N)OC[C@H]2O1. The number of fused-ring (bicyclic) bond motifs is 1. The number of aliphatic hydroxyl groups is 1. The van der Waals surface area contributed by atoms with E-state index in [0.717, 1.165) is 0 Å². The molecule has 0 spiro atoms. The van der Waals surface area contributed by atoms with Crippen molar-refractivity contribution in [2.75, 3.05) is 6.61 Å². The fourth-order valence-electron chi connectivity index (χ4n) is 1.86. The van der Waals surface area contributed by atoms with Crippen molar-refractivity contribution in [2.24, 2.45) is 0 Å². The number of hydrogen-bond acceptors (Lipinski definition) is 5. The van der Waals surface area contributed by atoms with Crippen LogP contribution in [0.1, 0.15) is 13.8 Å². The van der Waals surface area contributed by atoms with Crippen molar-refractivity contribution in [3.63, 3.8) is 0 Å². The molecule has 0 unspecified atom stereocenters. The summed E-state index contributed by atoms with van der Waals surface area (Å²) in [4.78, 5) is 0. The first-order chi connectivity index (χ1) is 6.53. The van der Waals surface area contributed by atoms with Gasteiger partial charge in [0, 0.05) is 0 Å². The molecule has 0 aromatic carbocycles. The maximum atomic E-state index is 9.72. The average Bonchev–Trinajstić information content (AvgIpc) is 2.42. The van der Waals surface area contributed by atoms with E-state index < -0.39 is 24.1 Å². The Kier molecular flexibility index (Phi) is 2.24. The normalized spacial score (nSPS) is 45.6. The summed E-state index contributed by atoms with van der Waals surface area (Å²) in [6.07, 6.45) is -2.47. The average molecular weight is 199 g/mol. The third kappa shape index (κ3) is 1.51. The van der Waals surface area contributed by atoms with Crippen LogP contribution in [0.5, 0.6) is 0 Å². The van der Waals surface area contributed by atoms with E-state index in [2.05, 4.69) is 0 Å². The zero-order chi connectivity index (χ0) is 10.3. The molecule has 0 amide bonds. The number of rotatable bonds is 0. The second-order valence-corrected chi connectivity index (χ2v) is 4.01. The lowest BCUT2D eigenvalue weighted by Gasteiger charge is -2.30. The minimum atomic E-state index is -0.930. The predicted octanol–water partition coefficient (Wildman–Crippen LogP) is -0.210. The van der Waals surface area contributed by atoms with Crippen molar-refractivity contribution < 1.29 is 19.3 Å². The quantitative estimate of drug-likeness (QED) is 0.584. The minimum absolute atomic E-state index is 0.274. The monoisotopic (exact) mass is 199 g/mol. The van der Waals surface area contributed by atoms with Crippen LogP contribution in [0.3, 0.4) is 0 Å². The Morgan fingerprint density at radius 2 is 2.14 bits per heavy atom. The van der Waals surface area contributed by atoms with Crippen LogP contribution in [0.2, 0.25) is 0 Å². The fourth-order valence-corrected chi connectivity index (χ4v) is 1.86. The highest BCUT2D eigenvalue weighted by Crippen LogP contribution is 2.34. The second kappa shape index (κ2) is 3.17. The van der Waals surface area contributed by atoms with Gasteiger partial charge in [0.2, 0.25) is 0 Å². The van der Waals surface area contributed by atoms with Crippen LogP contribution in [0.4, 0.5) is 0 Å². The largest absolute Gasteiger partial charge is 0.386 e. The number of nitrogens with zero attached hydrogens (tertiary/aromatic N) is 1. The summed E-state index contributed by atoms with van der Waals surface area (Å²) in [6.45, 7) is 3.85. The van der Waals surface area contributed by atoms with Crippen LogP contribution >= 0.6 is 0 Å². The third-order valence-electron chi connectivity index (χ3n) is 2.44. The lowest BCUT2D eigenvalue weighted by molar-refractivity contribution is -0.154. The van der Waals surface area contributed by atoms with Gasteiger partial charge in [0.25, 0.3) is 0 Å². The van der Waals surface area contributed by atoms with Gasteiger partial charge in [0.05, 0.1) is 12.7 Å². The molecule has 2 aliphatic rings. The maximum Gasteiger partial charge on any atom is 0.172 e. The molecule has 0 aromatic rings. The Morgan fingerprint density at radius 3 is 2.79 bits per heavy atom. The molecule has 2 aliphatic heterocycles. The topological polar surface area (TPSA) is 71.7 Å². The Balaban J connectivity index is 2.13. The minimum Gasteiger partial charge on any atom is -0.386 e. The van der Waals surface area contributed by atoms with Crippen molar-refractivity contribution in [3.8, 4) is 6.07 Å². The lowest BCUT2D eigenvalue weighted by atomic mass is 10.0. The first-order valence-corrected chi connectivity index (χ1v) is 4.58. The molecule has 0 radical (unpaired) electrons. The number of hydrogen-bond donors (Lipinski definition) is 1. The van der Waals surface area contributed by atoms with Gasteiger partial charge < -0.3 is 19.3 Å². The van der Waals surface area contributed by atoms with Crippen LogP contribution in [0.15, 0.2) is 0 Å². The van der Waals surface area contributed by atoms with E-state index in [4.69, 9.17) is 19.5 Å².